The predicted molar refractivity (Wildman–Crippen MR) is 127 cm³/mol. The normalized spacial score (nSPS) is 15.9. The Hall–Kier alpha value is -3.03. The van der Waals surface area contributed by atoms with Crippen LogP contribution >= 0.6 is 22.7 Å². The number of aromatic nitrogens is 1. The summed E-state index contributed by atoms with van der Waals surface area (Å²) < 4.78 is 6.59. The molecule has 1 unspecified atom stereocenters. The molecule has 5 rings (SSSR count). The van der Waals surface area contributed by atoms with Gasteiger partial charge in [0.1, 0.15) is 0 Å². The molecule has 3 heterocycles. The minimum Gasteiger partial charge on any atom is -0.452 e. The van der Waals surface area contributed by atoms with E-state index in [4.69, 9.17) is 4.74 Å². The molecule has 1 atom stereocenters. The van der Waals surface area contributed by atoms with Crippen LogP contribution in [0.3, 0.4) is 0 Å². The number of carbonyl (C=O) groups excluding carboxylic acids is 2. The van der Waals surface area contributed by atoms with Crippen LogP contribution in [-0.2, 0) is 16.0 Å². The number of carbonyl (C=O) groups is 2. The van der Waals surface area contributed by atoms with E-state index in [0.717, 1.165) is 33.6 Å². The molecule has 2 aromatic carbocycles. The molecule has 1 amide bonds. The van der Waals surface area contributed by atoms with Gasteiger partial charge in [0, 0.05) is 17.8 Å². The molecule has 4 aromatic rings. The van der Waals surface area contributed by atoms with E-state index in [2.05, 4.69) is 11.1 Å². The van der Waals surface area contributed by atoms with Crippen LogP contribution in [0.1, 0.15) is 44.7 Å². The van der Waals surface area contributed by atoms with E-state index >= 15 is 0 Å². The second-order valence-electron chi connectivity index (χ2n) is 7.75. The van der Waals surface area contributed by atoms with Gasteiger partial charge in [-0.2, -0.15) is 0 Å². The zero-order valence-corrected chi connectivity index (χ0v) is 19.0. The summed E-state index contributed by atoms with van der Waals surface area (Å²) in [5, 5.41) is 2.97. The summed E-state index contributed by atoms with van der Waals surface area (Å²) in [5.74, 6) is -0.611. The summed E-state index contributed by atoms with van der Waals surface area (Å²) in [6.07, 6.45) is 2.46. The molecular weight excluding hydrogens is 440 g/mol. The van der Waals surface area contributed by atoms with Gasteiger partial charge in [0.15, 0.2) is 6.61 Å². The van der Waals surface area contributed by atoms with E-state index in [1.165, 1.54) is 4.88 Å². The van der Waals surface area contributed by atoms with Crippen molar-refractivity contribution in [2.24, 2.45) is 0 Å². The Bertz CT molecular complexity index is 1220. The molecule has 0 bridgehead atoms. The lowest BCUT2D eigenvalue weighted by atomic mass is 10.1. The van der Waals surface area contributed by atoms with Gasteiger partial charge in [0.2, 0.25) is 0 Å². The van der Waals surface area contributed by atoms with Gasteiger partial charge in [0.05, 0.1) is 26.8 Å². The Morgan fingerprint density at radius 1 is 1.06 bits per heavy atom. The number of rotatable bonds is 6. The molecule has 0 spiro atoms. The first-order chi connectivity index (χ1) is 15.7. The average molecular weight is 463 g/mol. The zero-order valence-electron chi connectivity index (χ0n) is 17.4. The Balaban J connectivity index is 1.26. The molecule has 7 heteroatoms. The molecule has 5 nitrogen and oxygen atoms in total. The fraction of sp³-hybridized carbons (Fsp3) is 0.240. The number of ether oxygens (including phenoxy) is 1. The van der Waals surface area contributed by atoms with Crippen LogP contribution in [0.15, 0.2) is 66.0 Å². The lowest BCUT2D eigenvalue weighted by Crippen LogP contribution is -2.34. The van der Waals surface area contributed by atoms with Gasteiger partial charge >= 0.3 is 5.97 Å². The van der Waals surface area contributed by atoms with Crippen molar-refractivity contribution < 1.29 is 14.3 Å². The molecule has 1 fully saturated rings. The summed E-state index contributed by atoms with van der Waals surface area (Å²) >= 11 is 3.28. The quantitative estimate of drug-likeness (QED) is 0.357. The summed E-state index contributed by atoms with van der Waals surface area (Å²) in [6, 6.07) is 19.5. The van der Waals surface area contributed by atoms with Crippen LogP contribution in [-0.4, -0.2) is 34.9 Å². The first-order valence-electron chi connectivity index (χ1n) is 10.6. The van der Waals surface area contributed by atoms with Crippen molar-refractivity contribution in [3.63, 3.8) is 0 Å². The zero-order chi connectivity index (χ0) is 21.9. The van der Waals surface area contributed by atoms with E-state index in [9.17, 15) is 9.59 Å². The summed E-state index contributed by atoms with van der Waals surface area (Å²) in [6.45, 7) is 0.462. The number of nitrogens with zero attached hydrogens (tertiary/aromatic N) is 2. The van der Waals surface area contributed by atoms with Crippen molar-refractivity contribution in [1.82, 2.24) is 9.88 Å². The van der Waals surface area contributed by atoms with Crippen molar-refractivity contribution in [3.8, 4) is 0 Å². The first kappa shape index (κ1) is 20.8. The second-order valence-corrected chi connectivity index (χ2v) is 9.84. The highest BCUT2D eigenvalue weighted by Crippen LogP contribution is 2.34. The minimum absolute atomic E-state index is 0.0903. The fourth-order valence-electron chi connectivity index (χ4n) is 4.16. The number of hydrogen-bond acceptors (Lipinski definition) is 6. The highest BCUT2D eigenvalue weighted by molar-refractivity contribution is 7.18. The van der Waals surface area contributed by atoms with Gasteiger partial charge in [-0.3, -0.25) is 4.79 Å². The molecular formula is C25H22N2O3S2. The van der Waals surface area contributed by atoms with Crippen molar-refractivity contribution in [1.29, 1.82) is 0 Å². The van der Waals surface area contributed by atoms with Gasteiger partial charge in [-0.15, -0.1) is 22.7 Å². The standard InChI is InChI=1S/C25H22N2O3S2/c28-24(27-13-5-10-20(27)22-12-6-14-31-22)16-30-25(29)18-8-2-1-7-17(18)15-23-26-19-9-3-4-11-21(19)32-23/h1-4,6-9,11-12,14,20H,5,10,13,15-16H2. The summed E-state index contributed by atoms with van der Waals surface area (Å²) in [5.41, 5.74) is 2.29. The molecule has 1 aliphatic heterocycles. The summed E-state index contributed by atoms with van der Waals surface area (Å²) in [7, 11) is 0. The van der Waals surface area contributed by atoms with E-state index in [0.29, 0.717) is 18.5 Å². The third-order valence-corrected chi connectivity index (χ3v) is 7.70. The first-order valence-corrected chi connectivity index (χ1v) is 12.3. The maximum absolute atomic E-state index is 12.8. The van der Waals surface area contributed by atoms with E-state index in [1.807, 2.05) is 58.8 Å². The van der Waals surface area contributed by atoms with Gasteiger partial charge in [-0.1, -0.05) is 36.4 Å². The number of fused-ring (bicyclic) bond motifs is 1. The van der Waals surface area contributed by atoms with E-state index in [1.54, 1.807) is 28.7 Å². The van der Waals surface area contributed by atoms with Crippen molar-refractivity contribution in [2.45, 2.75) is 25.3 Å². The fourth-order valence-corrected chi connectivity index (χ4v) is 6.03. The average Bonchev–Trinajstić information content (AvgIpc) is 3.57. The number of esters is 1. The number of likely N-dealkylation sites (tertiary alicyclic amines) is 1. The van der Waals surface area contributed by atoms with Crippen LogP contribution in [0.25, 0.3) is 10.2 Å². The highest BCUT2D eigenvalue weighted by atomic mass is 32.1. The molecule has 1 aliphatic rings. The maximum atomic E-state index is 12.8. The van der Waals surface area contributed by atoms with E-state index in [-0.39, 0.29) is 18.6 Å². The largest absolute Gasteiger partial charge is 0.452 e. The van der Waals surface area contributed by atoms with Gasteiger partial charge in [0.25, 0.3) is 5.91 Å². The number of amides is 1. The van der Waals surface area contributed by atoms with Crippen LogP contribution in [0.5, 0.6) is 0 Å². The molecule has 2 aromatic heterocycles. The minimum atomic E-state index is -0.470. The Kier molecular flexibility index (Phi) is 6.01. The molecule has 162 valence electrons. The predicted octanol–water partition coefficient (Wildman–Crippen LogP) is 5.47. The second kappa shape index (κ2) is 9.22. The maximum Gasteiger partial charge on any atom is 0.338 e. The number of benzene rings is 2. The lowest BCUT2D eigenvalue weighted by Gasteiger charge is -2.23. The number of hydrogen-bond donors (Lipinski definition) is 0. The molecule has 0 radical (unpaired) electrons. The molecule has 1 saturated heterocycles. The SMILES string of the molecule is O=C(OCC(=O)N1CCCC1c1cccs1)c1ccccc1Cc1nc2ccccc2s1. The smallest absolute Gasteiger partial charge is 0.338 e. The third kappa shape index (κ3) is 4.31. The van der Waals surface area contributed by atoms with Crippen LogP contribution in [0.4, 0.5) is 0 Å². The Morgan fingerprint density at radius 3 is 2.75 bits per heavy atom. The number of para-hydroxylation sites is 1. The number of thiazole rings is 1. The molecule has 0 aliphatic carbocycles. The molecule has 0 N–H and O–H groups in total. The topological polar surface area (TPSA) is 59.5 Å². The lowest BCUT2D eigenvalue weighted by molar-refractivity contribution is -0.135. The highest BCUT2D eigenvalue weighted by Gasteiger charge is 2.31. The van der Waals surface area contributed by atoms with Crippen LogP contribution in [0, 0.1) is 0 Å². The Labute approximate surface area is 194 Å². The van der Waals surface area contributed by atoms with Crippen molar-refractivity contribution in [3.05, 3.63) is 87.1 Å². The van der Waals surface area contributed by atoms with Gasteiger partial charge < -0.3 is 9.64 Å². The molecule has 32 heavy (non-hydrogen) atoms. The van der Waals surface area contributed by atoms with Gasteiger partial charge in [-0.05, 0) is 48.1 Å². The van der Waals surface area contributed by atoms with E-state index < -0.39 is 5.97 Å². The summed E-state index contributed by atoms with van der Waals surface area (Å²) in [4.78, 5) is 33.4. The van der Waals surface area contributed by atoms with Crippen LogP contribution < -0.4 is 0 Å². The Morgan fingerprint density at radius 2 is 1.91 bits per heavy atom. The monoisotopic (exact) mass is 462 g/mol. The van der Waals surface area contributed by atoms with Crippen molar-refractivity contribution >= 4 is 44.8 Å². The molecule has 0 saturated carbocycles. The van der Waals surface area contributed by atoms with Crippen LogP contribution in [0.2, 0.25) is 0 Å². The third-order valence-electron chi connectivity index (χ3n) is 5.69. The number of thiophene rings is 1. The van der Waals surface area contributed by atoms with Gasteiger partial charge in [-0.25, -0.2) is 9.78 Å². The van der Waals surface area contributed by atoms with Crippen molar-refractivity contribution in [2.75, 3.05) is 13.2 Å².